The van der Waals surface area contributed by atoms with Crippen LogP contribution in [0.2, 0.25) is 0 Å². The number of nitrogens with zero attached hydrogens (tertiary/aromatic N) is 3. The average Bonchev–Trinajstić information content (AvgIpc) is 2.82. The molecule has 1 aromatic heterocycles. The smallest absolute Gasteiger partial charge is 0.408 e. The van der Waals surface area contributed by atoms with E-state index in [-0.39, 0.29) is 13.0 Å². The second kappa shape index (κ2) is 6.02. The zero-order chi connectivity index (χ0) is 17.3. The molecule has 0 radical (unpaired) electrons. The van der Waals surface area contributed by atoms with E-state index in [4.69, 9.17) is 4.74 Å². The molecule has 0 saturated carbocycles. The molecule has 1 fully saturated rings. The highest BCUT2D eigenvalue weighted by molar-refractivity contribution is 5.86. The van der Waals surface area contributed by atoms with Crippen molar-refractivity contribution in [3.8, 4) is 0 Å². The number of carboxylic acid groups (broad SMARTS) is 1. The first-order valence-corrected chi connectivity index (χ1v) is 7.40. The van der Waals surface area contributed by atoms with Gasteiger partial charge >= 0.3 is 12.1 Å². The van der Waals surface area contributed by atoms with Crippen molar-refractivity contribution in [1.29, 1.82) is 0 Å². The first-order valence-electron chi connectivity index (χ1n) is 7.40. The summed E-state index contributed by atoms with van der Waals surface area (Å²) in [5, 5.41) is 12.1. The number of aryl methyl sites for hydroxylation is 1. The topological polar surface area (TPSA) is 105 Å². The standard InChI is InChI=1S/C15H22N4O4/c1-10-5-7-16-12(17-10)19-8-6-15(9-19,11(20)21)18-13(22)23-14(2,3)4/h5,7H,6,8-9H2,1-4H3,(H,18,22)(H,20,21). The van der Waals surface area contributed by atoms with E-state index in [9.17, 15) is 14.7 Å². The summed E-state index contributed by atoms with van der Waals surface area (Å²) < 4.78 is 5.17. The molecule has 1 unspecified atom stereocenters. The minimum atomic E-state index is -1.41. The zero-order valence-electron chi connectivity index (χ0n) is 13.8. The van der Waals surface area contributed by atoms with Crippen LogP contribution < -0.4 is 10.2 Å². The third-order valence-electron chi connectivity index (χ3n) is 3.48. The van der Waals surface area contributed by atoms with Gasteiger partial charge in [0.2, 0.25) is 5.95 Å². The van der Waals surface area contributed by atoms with Crippen LogP contribution >= 0.6 is 0 Å². The van der Waals surface area contributed by atoms with Crippen LogP contribution in [0.1, 0.15) is 32.9 Å². The van der Waals surface area contributed by atoms with Crippen LogP contribution in [0.4, 0.5) is 10.7 Å². The second-order valence-corrected chi connectivity index (χ2v) is 6.68. The summed E-state index contributed by atoms with van der Waals surface area (Å²) >= 11 is 0. The number of anilines is 1. The van der Waals surface area contributed by atoms with E-state index in [1.807, 2.05) is 6.92 Å². The van der Waals surface area contributed by atoms with Crippen LogP contribution in [0, 0.1) is 6.92 Å². The molecule has 0 aromatic carbocycles. The van der Waals surface area contributed by atoms with Gasteiger partial charge in [0, 0.05) is 24.9 Å². The molecule has 126 valence electrons. The molecular weight excluding hydrogens is 300 g/mol. The Morgan fingerprint density at radius 1 is 1.43 bits per heavy atom. The van der Waals surface area contributed by atoms with E-state index in [0.29, 0.717) is 12.5 Å². The molecule has 1 aliphatic heterocycles. The summed E-state index contributed by atoms with van der Waals surface area (Å²) in [6.07, 6.45) is 1.13. The van der Waals surface area contributed by atoms with Crippen molar-refractivity contribution >= 4 is 18.0 Å². The summed E-state index contributed by atoms with van der Waals surface area (Å²) in [4.78, 5) is 33.9. The van der Waals surface area contributed by atoms with Crippen LogP contribution in [-0.2, 0) is 9.53 Å². The van der Waals surface area contributed by atoms with Gasteiger partial charge in [0.1, 0.15) is 5.60 Å². The number of rotatable bonds is 3. The highest BCUT2D eigenvalue weighted by atomic mass is 16.6. The summed E-state index contributed by atoms with van der Waals surface area (Å²) in [5.41, 5.74) is -1.31. The zero-order valence-corrected chi connectivity index (χ0v) is 13.8. The molecule has 2 rings (SSSR count). The minimum absolute atomic E-state index is 0.0883. The number of hydrogen-bond acceptors (Lipinski definition) is 6. The molecule has 1 atom stereocenters. The SMILES string of the molecule is Cc1ccnc(N2CCC(NC(=O)OC(C)(C)C)(C(=O)O)C2)n1. The van der Waals surface area contributed by atoms with Gasteiger partial charge in [-0.3, -0.25) is 0 Å². The molecule has 2 heterocycles. The molecule has 1 aromatic rings. The second-order valence-electron chi connectivity index (χ2n) is 6.68. The molecular formula is C15H22N4O4. The molecule has 0 aliphatic carbocycles. The van der Waals surface area contributed by atoms with Gasteiger partial charge in [-0.2, -0.15) is 0 Å². The fraction of sp³-hybridized carbons (Fsp3) is 0.600. The Labute approximate surface area is 134 Å². The Morgan fingerprint density at radius 3 is 2.70 bits per heavy atom. The van der Waals surface area contributed by atoms with Crippen molar-refractivity contribution in [2.75, 3.05) is 18.0 Å². The number of hydrogen-bond donors (Lipinski definition) is 2. The first kappa shape index (κ1) is 17.0. The van der Waals surface area contributed by atoms with Crippen LogP contribution in [0.5, 0.6) is 0 Å². The third kappa shape index (κ3) is 4.08. The maximum Gasteiger partial charge on any atom is 0.408 e. The molecule has 8 heteroatoms. The maximum absolute atomic E-state index is 12.0. The molecule has 23 heavy (non-hydrogen) atoms. The summed E-state index contributed by atoms with van der Waals surface area (Å²) in [6.45, 7) is 7.53. The van der Waals surface area contributed by atoms with Gasteiger partial charge in [-0.15, -0.1) is 0 Å². The van der Waals surface area contributed by atoms with Crippen LogP contribution in [0.3, 0.4) is 0 Å². The lowest BCUT2D eigenvalue weighted by atomic mass is 9.99. The Kier molecular flexibility index (Phi) is 4.44. The number of nitrogens with one attached hydrogen (secondary N) is 1. The lowest BCUT2D eigenvalue weighted by Gasteiger charge is -2.28. The molecule has 1 saturated heterocycles. The summed E-state index contributed by atoms with van der Waals surface area (Å²) in [7, 11) is 0. The molecule has 2 N–H and O–H groups in total. The number of aromatic nitrogens is 2. The molecule has 0 spiro atoms. The quantitative estimate of drug-likeness (QED) is 0.865. The van der Waals surface area contributed by atoms with Crippen molar-refractivity contribution in [2.24, 2.45) is 0 Å². The van der Waals surface area contributed by atoms with E-state index in [1.165, 1.54) is 0 Å². The van der Waals surface area contributed by atoms with Crippen molar-refractivity contribution < 1.29 is 19.4 Å². The lowest BCUT2D eigenvalue weighted by Crippen LogP contribution is -2.57. The lowest BCUT2D eigenvalue weighted by molar-refractivity contribution is -0.143. The molecule has 1 amide bonds. The predicted molar refractivity (Wildman–Crippen MR) is 83.3 cm³/mol. The first-order chi connectivity index (χ1) is 10.6. The Hall–Kier alpha value is -2.38. The molecule has 8 nitrogen and oxygen atoms in total. The Bertz CT molecular complexity index is 614. The van der Waals surface area contributed by atoms with E-state index in [0.717, 1.165) is 5.69 Å². The number of carbonyl (C=O) groups is 2. The van der Waals surface area contributed by atoms with Crippen molar-refractivity contribution in [3.05, 3.63) is 18.0 Å². The Morgan fingerprint density at radius 2 is 2.13 bits per heavy atom. The van der Waals surface area contributed by atoms with Crippen LogP contribution in [-0.4, -0.2) is 51.4 Å². The number of carbonyl (C=O) groups excluding carboxylic acids is 1. The number of ether oxygens (including phenoxy) is 1. The number of amides is 1. The van der Waals surface area contributed by atoms with Crippen molar-refractivity contribution in [1.82, 2.24) is 15.3 Å². The van der Waals surface area contributed by atoms with Gasteiger partial charge in [-0.25, -0.2) is 19.6 Å². The van der Waals surface area contributed by atoms with Gasteiger partial charge in [-0.05, 0) is 33.8 Å². The summed E-state index contributed by atoms with van der Waals surface area (Å²) in [5.74, 6) is -0.641. The van der Waals surface area contributed by atoms with Gasteiger partial charge in [0.15, 0.2) is 5.54 Å². The normalized spacial score (nSPS) is 21.1. The fourth-order valence-corrected chi connectivity index (χ4v) is 2.40. The summed E-state index contributed by atoms with van der Waals surface area (Å²) in [6, 6.07) is 1.77. The highest BCUT2D eigenvalue weighted by Gasteiger charge is 2.47. The van der Waals surface area contributed by atoms with Gasteiger partial charge in [0.05, 0.1) is 6.54 Å². The number of alkyl carbamates (subject to hydrolysis) is 1. The molecule has 0 bridgehead atoms. The van der Waals surface area contributed by atoms with Gasteiger partial charge in [-0.1, -0.05) is 0 Å². The van der Waals surface area contributed by atoms with E-state index in [1.54, 1.807) is 37.9 Å². The molecule has 1 aliphatic rings. The van der Waals surface area contributed by atoms with Crippen molar-refractivity contribution in [3.63, 3.8) is 0 Å². The van der Waals surface area contributed by atoms with Gasteiger partial charge < -0.3 is 20.1 Å². The number of carboxylic acids is 1. The van der Waals surface area contributed by atoms with E-state index < -0.39 is 23.2 Å². The third-order valence-corrected chi connectivity index (χ3v) is 3.48. The van der Waals surface area contributed by atoms with E-state index in [2.05, 4.69) is 15.3 Å². The minimum Gasteiger partial charge on any atom is -0.479 e. The Balaban J connectivity index is 2.14. The maximum atomic E-state index is 12.0. The average molecular weight is 322 g/mol. The highest BCUT2D eigenvalue weighted by Crippen LogP contribution is 2.25. The predicted octanol–water partition coefficient (Wildman–Crippen LogP) is 1.34. The van der Waals surface area contributed by atoms with Crippen molar-refractivity contribution in [2.45, 2.75) is 45.3 Å². The van der Waals surface area contributed by atoms with Gasteiger partial charge in [0.25, 0.3) is 0 Å². The fourth-order valence-electron chi connectivity index (χ4n) is 2.40. The van der Waals surface area contributed by atoms with Crippen LogP contribution in [0.25, 0.3) is 0 Å². The monoisotopic (exact) mass is 322 g/mol. The van der Waals surface area contributed by atoms with E-state index >= 15 is 0 Å². The largest absolute Gasteiger partial charge is 0.479 e. The van der Waals surface area contributed by atoms with Crippen LogP contribution in [0.15, 0.2) is 12.3 Å². The number of aliphatic carboxylic acids is 1.